The Balaban J connectivity index is 3.16. The number of aliphatic hydroxyl groups excluding tert-OH is 1. The highest BCUT2D eigenvalue weighted by Gasteiger charge is 2.24. The van der Waals surface area contributed by atoms with Crippen molar-refractivity contribution < 1.29 is 19.7 Å². The highest BCUT2D eigenvalue weighted by atomic mass is 32.2. The Morgan fingerprint density at radius 1 is 1.53 bits per heavy atom. The number of carbonyl (C=O) groups excluding carboxylic acids is 1. The van der Waals surface area contributed by atoms with E-state index in [-0.39, 0.29) is 11.3 Å². The summed E-state index contributed by atoms with van der Waals surface area (Å²) in [5.74, 6) is -0.897. The second-order valence-corrected chi connectivity index (χ2v) is 3.67. The van der Waals surface area contributed by atoms with Crippen molar-refractivity contribution in [1.82, 2.24) is 0 Å². The number of aromatic hydroxyl groups is 1. The summed E-state index contributed by atoms with van der Waals surface area (Å²) in [7, 11) is 1.18. The fourth-order valence-electron chi connectivity index (χ4n) is 1.21. The fourth-order valence-corrected chi connectivity index (χ4v) is 1.87. The number of hydrogen-bond donors (Lipinski definition) is 2. The quantitative estimate of drug-likeness (QED) is 0.603. The number of methoxy groups -OCH3 is 1. The number of rotatable bonds is 3. The van der Waals surface area contributed by atoms with Crippen LogP contribution in [-0.4, -0.2) is 29.5 Å². The zero-order valence-corrected chi connectivity index (χ0v) is 9.25. The van der Waals surface area contributed by atoms with E-state index in [0.29, 0.717) is 4.90 Å². The molecule has 1 unspecified atom stereocenters. The molecule has 82 valence electrons. The van der Waals surface area contributed by atoms with Gasteiger partial charge in [-0.05, 0) is 18.4 Å². The van der Waals surface area contributed by atoms with Gasteiger partial charge in [-0.25, -0.2) is 4.79 Å². The van der Waals surface area contributed by atoms with E-state index < -0.39 is 12.1 Å². The van der Waals surface area contributed by atoms with Crippen LogP contribution in [-0.2, 0) is 9.53 Å². The molecule has 0 fully saturated rings. The minimum Gasteiger partial charge on any atom is -0.508 e. The molecule has 0 aromatic heterocycles. The maximum Gasteiger partial charge on any atom is 0.339 e. The number of phenols is 1. The number of esters is 1. The van der Waals surface area contributed by atoms with Crippen molar-refractivity contribution in [3.63, 3.8) is 0 Å². The zero-order chi connectivity index (χ0) is 11.4. The van der Waals surface area contributed by atoms with Gasteiger partial charge >= 0.3 is 5.97 Å². The molecule has 15 heavy (non-hydrogen) atoms. The van der Waals surface area contributed by atoms with Crippen LogP contribution < -0.4 is 0 Å². The molecule has 0 aliphatic carbocycles. The van der Waals surface area contributed by atoms with E-state index >= 15 is 0 Å². The lowest BCUT2D eigenvalue weighted by molar-refractivity contribution is -0.150. The van der Waals surface area contributed by atoms with Crippen molar-refractivity contribution in [3.8, 4) is 5.75 Å². The average molecular weight is 228 g/mol. The summed E-state index contributed by atoms with van der Waals surface area (Å²) in [5.41, 5.74) is 0.192. The number of hydrogen-bond acceptors (Lipinski definition) is 5. The minimum atomic E-state index is -1.45. The van der Waals surface area contributed by atoms with Crippen LogP contribution in [0.25, 0.3) is 0 Å². The molecule has 5 heteroatoms. The van der Waals surface area contributed by atoms with Crippen molar-refractivity contribution >= 4 is 17.7 Å². The lowest BCUT2D eigenvalue weighted by atomic mass is 10.1. The van der Waals surface area contributed by atoms with Gasteiger partial charge in [0.25, 0.3) is 0 Å². The Kier molecular flexibility index (Phi) is 3.99. The lowest BCUT2D eigenvalue weighted by Crippen LogP contribution is -2.14. The highest BCUT2D eigenvalue weighted by molar-refractivity contribution is 7.98. The predicted molar refractivity (Wildman–Crippen MR) is 56.9 cm³/mol. The van der Waals surface area contributed by atoms with Gasteiger partial charge in [-0.15, -0.1) is 11.8 Å². The molecule has 0 radical (unpaired) electrons. The van der Waals surface area contributed by atoms with Crippen LogP contribution in [0.2, 0.25) is 0 Å². The van der Waals surface area contributed by atoms with Crippen molar-refractivity contribution in [2.24, 2.45) is 0 Å². The summed E-state index contributed by atoms with van der Waals surface area (Å²) in [6.07, 6.45) is 0.348. The SMILES string of the molecule is COC(=O)C(O)c1c(O)cccc1SC. The number of thioether (sulfide) groups is 1. The molecular weight excluding hydrogens is 216 g/mol. The van der Waals surface area contributed by atoms with Gasteiger partial charge in [-0.1, -0.05) is 6.07 Å². The summed E-state index contributed by atoms with van der Waals surface area (Å²) >= 11 is 1.34. The molecule has 0 heterocycles. The van der Waals surface area contributed by atoms with Crippen LogP contribution >= 0.6 is 11.8 Å². The molecule has 2 N–H and O–H groups in total. The Bertz CT molecular complexity index is 364. The van der Waals surface area contributed by atoms with E-state index in [9.17, 15) is 15.0 Å². The second kappa shape index (κ2) is 5.04. The topological polar surface area (TPSA) is 66.8 Å². The van der Waals surface area contributed by atoms with Crippen LogP contribution in [0.4, 0.5) is 0 Å². The third-order valence-electron chi connectivity index (χ3n) is 1.96. The number of benzene rings is 1. The van der Waals surface area contributed by atoms with Gasteiger partial charge in [0.05, 0.1) is 7.11 Å². The minimum absolute atomic E-state index is 0.111. The normalized spacial score (nSPS) is 12.2. The van der Waals surface area contributed by atoms with Crippen molar-refractivity contribution in [2.45, 2.75) is 11.0 Å². The molecule has 0 saturated carbocycles. The largest absolute Gasteiger partial charge is 0.508 e. The van der Waals surface area contributed by atoms with E-state index in [2.05, 4.69) is 4.74 Å². The second-order valence-electron chi connectivity index (χ2n) is 2.82. The smallest absolute Gasteiger partial charge is 0.339 e. The van der Waals surface area contributed by atoms with Crippen molar-refractivity contribution in [3.05, 3.63) is 23.8 Å². The monoisotopic (exact) mass is 228 g/mol. The van der Waals surface area contributed by atoms with Crippen LogP contribution in [0.3, 0.4) is 0 Å². The molecule has 1 aromatic carbocycles. The molecular formula is C10H12O4S. The first kappa shape index (κ1) is 11.9. The van der Waals surface area contributed by atoms with Crippen molar-refractivity contribution in [1.29, 1.82) is 0 Å². The third-order valence-corrected chi connectivity index (χ3v) is 2.76. The van der Waals surface area contributed by atoms with Gasteiger partial charge in [-0.2, -0.15) is 0 Å². The molecule has 1 aromatic rings. The van der Waals surface area contributed by atoms with E-state index in [1.165, 1.54) is 24.9 Å². The number of phenolic OH excluding ortho intramolecular Hbond substituents is 1. The molecule has 0 aliphatic rings. The Labute approximate surface area is 91.9 Å². The number of carbonyl (C=O) groups is 1. The van der Waals surface area contributed by atoms with Gasteiger partial charge < -0.3 is 14.9 Å². The Hall–Kier alpha value is -1.20. The first-order valence-corrected chi connectivity index (χ1v) is 5.46. The molecule has 4 nitrogen and oxygen atoms in total. The molecule has 0 bridgehead atoms. The Morgan fingerprint density at radius 3 is 2.73 bits per heavy atom. The van der Waals surface area contributed by atoms with Crippen LogP contribution in [0.5, 0.6) is 5.75 Å². The van der Waals surface area contributed by atoms with E-state index in [1.807, 2.05) is 0 Å². The third kappa shape index (κ3) is 2.43. The van der Waals surface area contributed by atoms with E-state index in [4.69, 9.17) is 0 Å². The molecule has 1 atom stereocenters. The van der Waals surface area contributed by atoms with Gasteiger partial charge in [0.15, 0.2) is 6.10 Å². The summed E-state index contributed by atoms with van der Waals surface area (Å²) in [5, 5.41) is 19.2. The zero-order valence-electron chi connectivity index (χ0n) is 8.43. The van der Waals surface area contributed by atoms with Gasteiger partial charge in [0, 0.05) is 10.5 Å². The first-order chi connectivity index (χ1) is 7.11. The van der Waals surface area contributed by atoms with E-state index in [1.54, 1.807) is 18.4 Å². The van der Waals surface area contributed by atoms with Crippen LogP contribution in [0.15, 0.2) is 23.1 Å². The van der Waals surface area contributed by atoms with Gasteiger partial charge in [-0.3, -0.25) is 0 Å². The Morgan fingerprint density at radius 2 is 2.20 bits per heavy atom. The molecule has 0 aliphatic heterocycles. The summed E-state index contributed by atoms with van der Waals surface area (Å²) in [6.45, 7) is 0. The summed E-state index contributed by atoms with van der Waals surface area (Å²) in [6, 6.07) is 4.78. The predicted octanol–water partition coefficient (Wildman–Crippen LogP) is 1.32. The average Bonchev–Trinajstić information content (AvgIpc) is 2.26. The number of ether oxygens (including phenoxy) is 1. The maximum absolute atomic E-state index is 11.1. The summed E-state index contributed by atoms with van der Waals surface area (Å²) in [4.78, 5) is 11.8. The highest BCUT2D eigenvalue weighted by Crippen LogP contribution is 2.33. The van der Waals surface area contributed by atoms with E-state index in [0.717, 1.165) is 0 Å². The fraction of sp³-hybridized carbons (Fsp3) is 0.300. The molecule has 0 saturated heterocycles. The molecule has 0 spiro atoms. The first-order valence-electron chi connectivity index (χ1n) is 4.23. The van der Waals surface area contributed by atoms with Gasteiger partial charge in [0.2, 0.25) is 0 Å². The van der Waals surface area contributed by atoms with Crippen molar-refractivity contribution in [2.75, 3.05) is 13.4 Å². The lowest BCUT2D eigenvalue weighted by Gasteiger charge is -2.13. The maximum atomic E-state index is 11.1. The van der Waals surface area contributed by atoms with Crippen LogP contribution in [0.1, 0.15) is 11.7 Å². The summed E-state index contributed by atoms with van der Waals surface area (Å²) < 4.78 is 4.41. The van der Waals surface area contributed by atoms with Crippen LogP contribution in [0, 0.1) is 0 Å². The molecule has 1 rings (SSSR count). The number of aliphatic hydroxyl groups is 1. The standard InChI is InChI=1S/C10H12O4S/c1-14-10(13)9(12)8-6(11)4-3-5-7(8)15-2/h3-5,9,11-12H,1-2H3. The van der Waals surface area contributed by atoms with Gasteiger partial charge in [0.1, 0.15) is 5.75 Å². The molecule has 0 amide bonds.